The van der Waals surface area contributed by atoms with E-state index in [9.17, 15) is 0 Å². The highest BCUT2D eigenvalue weighted by molar-refractivity contribution is 5.98. The summed E-state index contributed by atoms with van der Waals surface area (Å²) in [6.45, 7) is 0. The van der Waals surface area contributed by atoms with Crippen LogP contribution in [0.1, 0.15) is 35.1 Å². The van der Waals surface area contributed by atoms with Gasteiger partial charge in [0.1, 0.15) is 0 Å². The van der Waals surface area contributed by atoms with Crippen LogP contribution in [-0.4, -0.2) is 9.97 Å². The highest BCUT2D eigenvalue weighted by Gasteiger charge is 2.52. The monoisotopic (exact) mass is 826 g/mol. The second-order valence-corrected chi connectivity index (χ2v) is 17.5. The number of fused-ring (bicyclic) bond motifs is 10. The van der Waals surface area contributed by atoms with Gasteiger partial charge in [-0.1, -0.05) is 200 Å². The zero-order chi connectivity index (χ0) is 42.9. The van der Waals surface area contributed by atoms with Gasteiger partial charge in [-0.05, 0) is 132 Å². The van der Waals surface area contributed by atoms with Crippen LogP contribution in [0, 0.1) is 0 Å². The summed E-state index contributed by atoms with van der Waals surface area (Å²) in [6.07, 6.45) is 6.83. The van der Waals surface area contributed by atoms with Crippen LogP contribution in [0.3, 0.4) is 0 Å². The first-order valence-corrected chi connectivity index (χ1v) is 22.7. The van der Waals surface area contributed by atoms with Crippen molar-refractivity contribution in [2.24, 2.45) is 0 Å². The molecule has 1 atom stereocenters. The average molecular weight is 827 g/mol. The van der Waals surface area contributed by atoms with Crippen molar-refractivity contribution in [3.05, 3.63) is 258 Å². The van der Waals surface area contributed by atoms with Crippen LogP contribution >= 0.6 is 0 Å². The lowest BCUT2D eigenvalue weighted by molar-refractivity contribution is 0.714. The van der Waals surface area contributed by atoms with Crippen molar-refractivity contribution in [1.82, 2.24) is 9.97 Å². The Labute approximate surface area is 379 Å². The minimum Gasteiger partial charge on any atom is -0.228 e. The Hall–Kier alpha value is -8.20. The molecular weight excluding hydrogens is 785 g/mol. The molecule has 0 fully saturated rings. The molecule has 1 aromatic heterocycles. The summed E-state index contributed by atoms with van der Waals surface area (Å²) in [6, 6.07) is 79.6. The van der Waals surface area contributed by atoms with E-state index in [0.29, 0.717) is 5.82 Å². The highest BCUT2D eigenvalue weighted by atomic mass is 14.9. The maximum Gasteiger partial charge on any atom is 0.160 e. The largest absolute Gasteiger partial charge is 0.228 e. The molecule has 0 amide bonds. The maximum absolute atomic E-state index is 5.38. The van der Waals surface area contributed by atoms with Crippen LogP contribution in [0.25, 0.3) is 94.8 Å². The van der Waals surface area contributed by atoms with E-state index in [1.807, 2.05) is 0 Å². The molecule has 0 radical (unpaired) electrons. The predicted molar refractivity (Wildman–Crippen MR) is 269 cm³/mol. The Morgan fingerprint density at radius 2 is 0.908 bits per heavy atom. The molecule has 1 spiro atoms. The fourth-order valence-corrected chi connectivity index (χ4v) is 11.1. The van der Waals surface area contributed by atoms with Gasteiger partial charge in [0.05, 0.1) is 16.8 Å². The van der Waals surface area contributed by atoms with Crippen molar-refractivity contribution in [2.75, 3.05) is 0 Å². The first-order chi connectivity index (χ1) is 32.2. The van der Waals surface area contributed by atoms with Crippen molar-refractivity contribution >= 4 is 16.3 Å². The molecule has 65 heavy (non-hydrogen) atoms. The summed E-state index contributed by atoms with van der Waals surface area (Å²) in [5, 5.41) is 2.35. The molecule has 13 rings (SSSR count). The van der Waals surface area contributed by atoms with Crippen LogP contribution in [0.4, 0.5) is 0 Å². The summed E-state index contributed by atoms with van der Waals surface area (Å²) in [4.78, 5) is 10.7. The summed E-state index contributed by atoms with van der Waals surface area (Å²) in [5.41, 5.74) is 22.7. The summed E-state index contributed by atoms with van der Waals surface area (Å²) < 4.78 is 0. The van der Waals surface area contributed by atoms with Gasteiger partial charge in [-0.15, -0.1) is 0 Å². The van der Waals surface area contributed by atoms with Gasteiger partial charge in [-0.2, -0.15) is 0 Å². The molecule has 0 saturated carbocycles. The lowest BCUT2D eigenvalue weighted by Gasteiger charge is -2.33. The van der Waals surface area contributed by atoms with Crippen LogP contribution in [-0.2, 0) is 5.41 Å². The topological polar surface area (TPSA) is 25.8 Å². The number of nitrogens with zero attached hydrogens (tertiary/aromatic N) is 2. The lowest BCUT2D eigenvalue weighted by Crippen LogP contribution is -2.27. The molecule has 304 valence electrons. The Kier molecular flexibility index (Phi) is 8.60. The Balaban J connectivity index is 0.974. The molecule has 0 bridgehead atoms. The second kappa shape index (κ2) is 15.0. The van der Waals surface area contributed by atoms with E-state index in [1.54, 1.807) is 0 Å². The smallest absolute Gasteiger partial charge is 0.160 e. The predicted octanol–water partition coefficient (Wildman–Crippen LogP) is 16.1. The number of allylic oxidation sites excluding steroid dienone is 4. The Morgan fingerprint density at radius 3 is 1.71 bits per heavy atom. The molecule has 10 aromatic rings. The van der Waals surface area contributed by atoms with Gasteiger partial charge in [0.2, 0.25) is 0 Å². The lowest BCUT2D eigenvalue weighted by atomic mass is 9.68. The summed E-state index contributed by atoms with van der Waals surface area (Å²) >= 11 is 0. The molecule has 2 heteroatoms. The zero-order valence-electron chi connectivity index (χ0n) is 35.7. The third-order valence-corrected chi connectivity index (χ3v) is 14.0. The van der Waals surface area contributed by atoms with Gasteiger partial charge in [0.15, 0.2) is 5.82 Å². The van der Waals surface area contributed by atoms with Gasteiger partial charge >= 0.3 is 0 Å². The quantitative estimate of drug-likeness (QED) is 0.167. The van der Waals surface area contributed by atoms with Gasteiger partial charge < -0.3 is 0 Å². The summed E-state index contributed by atoms with van der Waals surface area (Å²) in [7, 11) is 0. The molecule has 3 aliphatic carbocycles. The normalized spacial score (nSPS) is 15.5. The van der Waals surface area contributed by atoms with Crippen LogP contribution in [0.2, 0.25) is 0 Å². The minimum atomic E-state index is -0.318. The zero-order valence-corrected chi connectivity index (χ0v) is 35.7. The minimum absolute atomic E-state index is 0.318. The fourth-order valence-electron chi connectivity index (χ4n) is 11.1. The number of hydrogen-bond acceptors (Lipinski definition) is 2. The van der Waals surface area contributed by atoms with Gasteiger partial charge in [0, 0.05) is 16.7 Å². The number of aromatic nitrogens is 2. The third-order valence-electron chi connectivity index (χ3n) is 14.0. The first-order valence-electron chi connectivity index (χ1n) is 22.7. The number of hydrogen-bond donors (Lipinski definition) is 0. The molecule has 1 heterocycles. The van der Waals surface area contributed by atoms with Crippen molar-refractivity contribution in [3.63, 3.8) is 0 Å². The van der Waals surface area contributed by atoms with Crippen molar-refractivity contribution < 1.29 is 0 Å². The molecule has 1 unspecified atom stereocenters. The van der Waals surface area contributed by atoms with Crippen LogP contribution in [0.15, 0.2) is 236 Å². The van der Waals surface area contributed by atoms with E-state index in [1.165, 1.54) is 66.6 Å². The second-order valence-electron chi connectivity index (χ2n) is 17.5. The molecule has 2 nitrogen and oxygen atoms in total. The SMILES string of the molecule is C1=CC2=C(CC1)C1(c3ccccc32)c2ccccc2-c2ccc(-c3cccc(-c4cc(-c5ccc(-c6ccccc6)c(-c6ccccc6)c5)nc(-c5ccc6ccccc6c5)n4)c3)cc21. The van der Waals surface area contributed by atoms with Crippen LogP contribution < -0.4 is 0 Å². The first kappa shape index (κ1) is 37.4. The van der Waals surface area contributed by atoms with Crippen molar-refractivity contribution in [3.8, 4) is 78.4 Å². The molecule has 3 aliphatic rings. The van der Waals surface area contributed by atoms with E-state index < -0.39 is 0 Å². The number of rotatable bonds is 6. The van der Waals surface area contributed by atoms with E-state index in [4.69, 9.17) is 9.97 Å². The number of benzene rings is 9. The maximum atomic E-state index is 5.38. The van der Waals surface area contributed by atoms with Gasteiger partial charge in [-0.3, -0.25) is 0 Å². The van der Waals surface area contributed by atoms with E-state index >= 15 is 0 Å². The van der Waals surface area contributed by atoms with Crippen molar-refractivity contribution in [1.29, 1.82) is 0 Å². The highest BCUT2D eigenvalue weighted by Crippen LogP contribution is 2.63. The average Bonchev–Trinajstić information content (AvgIpc) is 3.86. The van der Waals surface area contributed by atoms with E-state index in [2.05, 4.69) is 231 Å². The molecule has 0 saturated heterocycles. The Bertz CT molecular complexity index is 3600. The standard InChI is InChI=1S/C63H42N2/c1-3-17-42(18-4-1)50-34-33-48(38-55(50)43-19-5-2-6-20-43)61-40-60(64-62(65-61)49-31-30-41-16-7-8-21-44(41)37-49)47-23-15-22-45(36-47)46-32-35-54-53-26-11-14-29-58(53)63(59(54)39-46)56-27-12-9-24-51(56)52-25-10-13-28-57(52)63/h1-12,14-27,29-40H,13,28H2. The molecule has 9 aromatic carbocycles. The summed E-state index contributed by atoms with van der Waals surface area (Å²) in [5.74, 6) is 0.699. The fraction of sp³-hybridized carbons (Fsp3) is 0.0476. The van der Waals surface area contributed by atoms with Gasteiger partial charge in [-0.25, -0.2) is 9.97 Å². The molecular formula is C63H42N2. The Morgan fingerprint density at radius 1 is 0.338 bits per heavy atom. The third kappa shape index (κ3) is 5.95. The molecule has 0 N–H and O–H groups in total. The molecule has 0 aliphatic heterocycles. The van der Waals surface area contributed by atoms with Crippen LogP contribution in [0.5, 0.6) is 0 Å². The van der Waals surface area contributed by atoms with Crippen molar-refractivity contribution in [2.45, 2.75) is 18.3 Å². The van der Waals surface area contributed by atoms with E-state index in [-0.39, 0.29) is 5.41 Å². The van der Waals surface area contributed by atoms with Gasteiger partial charge in [0.25, 0.3) is 0 Å². The van der Waals surface area contributed by atoms with E-state index in [0.717, 1.165) is 63.0 Å².